The van der Waals surface area contributed by atoms with Crippen molar-refractivity contribution in [3.05, 3.63) is 17.7 Å². The quantitative estimate of drug-likeness (QED) is 0.758. The van der Waals surface area contributed by atoms with Crippen LogP contribution in [0.1, 0.15) is 5.56 Å². The molecule has 0 aromatic heterocycles. The Hall–Kier alpha value is -1.60. The van der Waals surface area contributed by atoms with Crippen molar-refractivity contribution in [2.24, 2.45) is 0 Å². The van der Waals surface area contributed by atoms with Crippen molar-refractivity contribution in [1.82, 2.24) is 0 Å². The zero-order chi connectivity index (χ0) is 12.8. The van der Waals surface area contributed by atoms with Crippen LogP contribution in [0, 0.1) is 11.3 Å². The summed E-state index contributed by atoms with van der Waals surface area (Å²) >= 11 is 5.79. The van der Waals surface area contributed by atoms with Gasteiger partial charge in [-0.15, -0.1) is 11.6 Å². The van der Waals surface area contributed by atoms with Crippen molar-refractivity contribution < 1.29 is 14.2 Å². The summed E-state index contributed by atoms with van der Waals surface area (Å²) in [4.78, 5) is 0. The van der Waals surface area contributed by atoms with Gasteiger partial charge in [-0.25, -0.2) is 0 Å². The van der Waals surface area contributed by atoms with Crippen molar-refractivity contribution in [3.8, 4) is 23.3 Å². The second kappa shape index (κ2) is 6.21. The van der Waals surface area contributed by atoms with Gasteiger partial charge in [-0.05, 0) is 17.7 Å². The van der Waals surface area contributed by atoms with Gasteiger partial charge < -0.3 is 14.2 Å². The van der Waals surface area contributed by atoms with Crippen LogP contribution >= 0.6 is 11.6 Å². The second-order valence-electron chi connectivity index (χ2n) is 3.33. The Balaban J connectivity index is 3.14. The molecule has 0 aliphatic carbocycles. The molecular formula is C12H14ClNO3. The Morgan fingerprint density at radius 1 is 1.18 bits per heavy atom. The van der Waals surface area contributed by atoms with Gasteiger partial charge in [-0.1, -0.05) is 0 Å². The molecule has 92 valence electrons. The first kappa shape index (κ1) is 13.5. The maximum atomic E-state index is 8.68. The standard InChI is InChI=1S/C12H14ClNO3/c1-15-10-5-8(4-9(13)7-14)6-11(16-2)12(10)17-3/h5-6,9H,4H2,1-3H3. The molecule has 17 heavy (non-hydrogen) atoms. The van der Waals surface area contributed by atoms with E-state index in [1.807, 2.05) is 6.07 Å². The summed E-state index contributed by atoms with van der Waals surface area (Å²) < 4.78 is 15.6. The van der Waals surface area contributed by atoms with Gasteiger partial charge in [0.15, 0.2) is 11.5 Å². The highest BCUT2D eigenvalue weighted by Gasteiger charge is 2.14. The first-order chi connectivity index (χ1) is 8.15. The number of nitriles is 1. The van der Waals surface area contributed by atoms with Crippen molar-refractivity contribution in [3.63, 3.8) is 0 Å². The normalized spacial score (nSPS) is 11.5. The average Bonchev–Trinajstić information content (AvgIpc) is 2.37. The van der Waals surface area contributed by atoms with Gasteiger partial charge in [0.1, 0.15) is 5.38 Å². The summed E-state index contributed by atoms with van der Waals surface area (Å²) in [5, 5.41) is 8.11. The highest BCUT2D eigenvalue weighted by atomic mass is 35.5. The number of hydrogen-bond donors (Lipinski definition) is 0. The lowest BCUT2D eigenvalue weighted by Gasteiger charge is -2.14. The van der Waals surface area contributed by atoms with E-state index < -0.39 is 5.38 Å². The molecule has 0 amide bonds. The minimum Gasteiger partial charge on any atom is -0.493 e. The summed E-state index contributed by atoms with van der Waals surface area (Å²) in [5.74, 6) is 1.65. The van der Waals surface area contributed by atoms with Crippen LogP contribution in [0.4, 0.5) is 0 Å². The molecular weight excluding hydrogens is 242 g/mol. The number of halogens is 1. The molecule has 0 saturated heterocycles. The molecule has 0 spiro atoms. The fraction of sp³-hybridized carbons (Fsp3) is 0.417. The topological polar surface area (TPSA) is 51.5 Å². The van der Waals surface area contributed by atoms with Crippen LogP contribution < -0.4 is 14.2 Å². The number of rotatable bonds is 5. The number of ether oxygens (including phenoxy) is 3. The third-order valence-corrected chi connectivity index (χ3v) is 2.53. The molecule has 0 aliphatic rings. The lowest BCUT2D eigenvalue weighted by atomic mass is 10.1. The second-order valence-corrected chi connectivity index (χ2v) is 3.86. The molecule has 1 atom stereocenters. The van der Waals surface area contributed by atoms with E-state index in [9.17, 15) is 0 Å². The van der Waals surface area contributed by atoms with Crippen LogP contribution in [-0.2, 0) is 6.42 Å². The number of nitrogens with zero attached hydrogens (tertiary/aromatic N) is 1. The molecule has 0 fully saturated rings. The van der Waals surface area contributed by atoms with Crippen LogP contribution in [0.5, 0.6) is 17.2 Å². The van der Waals surface area contributed by atoms with Crippen LogP contribution in [0.25, 0.3) is 0 Å². The first-order valence-electron chi connectivity index (χ1n) is 4.98. The largest absolute Gasteiger partial charge is 0.493 e. The zero-order valence-corrected chi connectivity index (χ0v) is 10.7. The van der Waals surface area contributed by atoms with Crippen LogP contribution in [-0.4, -0.2) is 26.7 Å². The Morgan fingerprint density at radius 2 is 1.71 bits per heavy atom. The third kappa shape index (κ3) is 3.18. The highest BCUT2D eigenvalue weighted by Crippen LogP contribution is 2.38. The fourth-order valence-electron chi connectivity index (χ4n) is 1.51. The molecule has 0 N–H and O–H groups in total. The molecule has 0 bridgehead atoms. The average molecular weight is 256 g/mol. The van der Waals surface area contributed by atoms with E-state index in [2.05, 4.69) is 0 Å². The third-order valence-electron chi connectivity index (χ3n) is 2.28. The minimum atomic E-state index is -0.571. The van der Waals surface area contributed by atoms with E-state index in [1.165, 1.54) is 0 Å². The van der Waals surface area contributed by atoms with Crippen molar-refractivity contribution in [2.45, 2.75) is 11.8 Å². The number of hydrogen-bond acceptors (Lipinski definition) is 4. The highest BCUT2D eigenvalue weighted by molar-refractivity contribution is 6.22. The maximum Gasteiger partial charge on any atom is 0.203 e. The van der Waals surface area contributed by atoms with E-state index in [4.69, 9.17) is 31.1 Å². The Labute approximate surface area is 106 Å². The number of methoxy groups -OCH3 is 3. The molecule has 1 aromatic carbocycles. The lowest BCUT2D eigenvalue weighted by Crippen LogP contribution is -2.02. The Bertz CT molecular complexity index is 403. The van der Waals surface area contributed by atoms with Gasteiger partial charge in [0.25, 0.3) is 0 Å². The SMILES string of the molecule is COc1cc(CC(Cl)C#N)cc(OC)c1OC. The summed E-state index contributed by atoms with van der Waals surface area (Å²) in [5.41, 5.74) is 0.862. The van der Waals surface area contributed by atoms with Crippen molar-refractivity contribution in [2.75, 3.05) is 21.3 Å². The van der Waals surface area contributed by atoms with E-state index >= 15 is 0 Å². The number of alkyl halides is 1. The molecule has 0 aliphatic heterocycles. The predicted octanol–water partition coefficient (Wildman–Crippen LogP) is 2.39. The van der Waals surface area contributed by atoms with Crippen molar-refractivity contribution in [1.29, 1.82) is 5.26 Å². The van der Waals surface area contributed by atoms with Gasteiger partial charge in [0.05, 0.1) is 27.4 Å². The summed E-state index contributed by atoms with van der Waals surface area (Å²) in [7, 11) is 4.63. The molecule has 0 saturated carbocycles. The molecule has 1 aromatic rings. The van der Waals surface area contributed by atoms with Gasteiger partial charge in [-0.2, -0.15) is 5.26 Å². The minimum absolute atomic E-state index is 0.425. The lowest BCUT2D eigenvalue weighted by molar-refractivity contribution is 0.324. The fourth-order valence-corrected chi connectivity index (χ4v) is 1.68. The van der Waals surface area contributed by atoms with Gasteiger partial charge in [-0.3, -0.25) is 0 Å². The molecule has 0 radical (unpaired) electrons. The first-order valence-corrected chi connectivity index (χ1v) is 5.42. The molecule has 1 rings (SSSR count). The van der Waals surface area contributed by atoms with Crippen LogP contribution in [0.15, 0.2) is 12.1 Å². The van der Waals surface area contributed by atoms with E-state index in [1.54, 1.807) is 33.5 Å². The Morgan fingerprint density at radius 3 is 2.06 bits per heavy atom. The van der Waals surface area contributed by atoms with Crippen molar-refractivity contribution >= 4 is 11.6 Å². The monoisotopic (exact) mass is 255 g/mol. The smallest absolute Gasteiger partial charge is 0.203 e. The van der Waals surface area contributed by atoms with E-state index in [-0.39, 0.29) is 0 Å². The molecule has 5 heteroatoms. The van der Waals surface area contributed by atoms with Gasteiger partial charge >= 0.3 is 0 Å². The molecule has 0 heterocycles. The van der Waals surface area contributed by atoms with Crippen LogP contribution in [0.3, 0.4) is 0 Å². The van der Waals surface area contributed by atoms with E-state index in [0.717, 1.165) is 5.56 Å². The van der Waals surface area contributed by atoms with Crippen LogP contribution in [0.2, 0.25) is 0 Å². The summed E-state index contributed by atoms with van der Waals surface area (Å²) in [6.07, 6.45) is 0.425. The van der Waals surface area contributed by atoms with E-state index in [0.29, 0.717) is 23.7 Å². The predicted molar refractivity (Wildman–Crippen MR) is 65.1 cm³/mol. The van der Waals surface area contributed by atoms with Gasteiger partial charge in [0.2, 0.25) is 5.75 Å². The molecule has 1 unspecified atom stereocenters. The molecule has 4 nitrogen and oxygen atoms in total. The zero-order valence-electron chi connectivity index (χ0n) is 9.99. The maximum absolute atomic E-state index is 8.68. The number of benzene rings is 1. The van der Waals surface area contributed by atoms with Gasteiger partial charge in [0, 0.05) is 6.42 Å². The Kier molecular flexibility index (Phi) is 4.92. The summed E-state index contributed by atoms with van der Waals surface area (Å²) in [6, 6.07) is 5.54. The summed E-state index contributed by atoms with van der Waals surface area (Å²) in [6.45, 7) is 0.